The number of hydrogen-bond acceptors (Lipinski definition) is 6. The summed E-state index contributed by atoms with van der Waals surface area (Å²) in [5.74, 6) is 1.12. The van der Waals surface area contributed by atoms with Crippen molar-refractivity contribution in [2.24, 2.45) is 0 Å². The van der Waals surface area contributed by atoms with Gasteiger partial charge in [0.2, 0.25) is 0 Å². The first kappa shape index (κ1) is 17.2. The van der Waals surface area contributed by atoms with E-state index >= 15 is 0 Å². The molecular weight excluding hydrogens is 328 g/mol. The Labute approximate surface area is 154 Å². The lowest BCUT2D eigenvalue weighted by Gasteiger charge is -2.38. The number of anilines is 1. The number of ether oxygens (including phenoxy) is 1. The molecule has 0 radical (unpaired) electrons. The van der Waals surface area contributed by atoms with Gasteiger partial charge in [-0.15, -0.1) is 10.2 Å². The van der Waals surface area contributed by atoms with Crippen LogP contribution in [0.1, 0.15) is 17.5 Å². The van der Waals surface area contributed by atoms with Crippen molar-refractivity contribution in [1.82, 2.24) is 15.1 Å². The Morgan fingerprint density at radius 3 is 2.65 bits per heavy atom. The number of nitrogens with zero attached hydrogens (tertiary/aromatic N) is 4. The maximum Gasteiger partial charge on any atom is 0.151 e. The number of likely N-dealkylation sites (N-methyl/N-ethyl adjacent to an activating group) is 1. The summed E-state index contributed by atoms with van der Waals surface area (Å²) in [5, 5.41) is 19.1. The average Bonchev–Trinajstić information content (AvgIpc) is 2.97. The molecule has 2 aromatic rings. The zero-order valence-electron chi connectivity index (χ0n) is 15.7. The number of phenols is 1. The number of aromatic nitrogens is 2. The first-order valence-electron chi connectivity index (χ1n) is 9.18. The molecule has 0 aliphatic carbocycles. The van der Waals surface area contributed by atoms with E-state index in [4.69, 9.17) is 4.74 Å². The van der Waals surface area contributed by atoms with E-state index in [1.807, 2.05) is 32.0 Å². The van der Waals surface area contributed by atoms with Crippen LogP contribution < -0.4 is 4.90 Å². The fourth-order valence-electron chi connectivity index (χ4n) is 4.23. The maximum absolute atomic E-state index is 10.3. The van der Waals surface area contributed by atoms with Crippen LogP contribution in [0.3, 0.4) is 0 Å². The molecule has 3 heterocycles. The number of hydrogen-bond donors (Lipinski definition) is 1. The van der Waals surface area contributed by atoms with E-state index < -0.39 is 0 Å². The Kier molecular flexibility index (Phi) is 4.32. The summed E-state index contributed by atoms with van der Waals surface area (Å²) in [5.41, 5.74) is 3.41. The first-order chi connectivity index (χ1) is 12.5. The van der Waals surface area contributed by atoms with Crippen LogP contribution in [-0.2, 0) is 4.74 Å². The van der Waals surface area contributed by atoms with Crippen molar-refractivity contribution in [2.75, 3.05) is 44.7 Å². The molecule has 138 valence electrons. The molecule has 1 atom stereocenters. The molecule has 1 spiro atoms. The predicted molar refractivity (Wildman–Crippen MR) is 102 cm³/mol. The number of benzene rings is 1. The topological polar surface area (TPSA) is 61.7 Å². The summed E-state index contributed by atoms with van der Waals surface area (Å²) in [6.45, 7) is 8.48. The standard InChI is InChI=1S/C20H26N4O2/c1-14-10-15(2)19(17(25)11-14)16-4-5-18(22-21-16)24-7-6-20(13-24)12-23(3)8-9-26-20/h4-5,10-11,25H,6-9,12-13H2,1-3H3/t20-/m1/s1. The summed E-state index contributed by atoms with van der Waals surface area (Å²) in [6.07, 6.45) is 1.01. The SMILES string of the molecule is Cc1cc(C)c(-c2ccc(N3CC[C@@]4(CN(C)CCO4)C3)nn2)c(O)c1. The highest BCUT2D eigenvalue weighted by Gasteiger charge is 2.42. The molecule has 0 bridgehead atoms. The van der Waals surface area contributed by atoms with Crippen LogP contribution in [0, 0.1) is 13.8 Å². The van der Waals surface area contributed by atoms with Gasteiger partial charge in [0.1, 0.15) is 5.75 Å². The van der Waals surface area contributed by atoms with Gasteiger partial charge in [-0.2, -0.15) is 0 Å². The van der Waals surface area contributed by atoms with Crippen molar-refractivity contribution in [2.45, 2.75) is 25.9 Å². The minimum Gasteiger partial charge on any atom is -0.507 e. The van der Waals surface area contributed by atoms with Gasteiger partial charge in [0.25, 0.3) is 0 Å². The largest absolute Gasteiger partial charge is 0.507 e. The third kappa shape index (κ3) is 3.15. The van der Waals surface area contributed by atoms with Gasteiger partial charge in [-0.3, -0.25) is 0 Å². The fraction of sp³-hybridized carbons (Fsp3) is 0.500. The molecule has 0 amide bonds. The van der Waals surface area contributed by atoms with Crippen LogP contribution >= 0.6 is 0 Å². The summed E-state index contributed by atoms with van der Waals surface area (Å²) >= 11 is 0. The summed E-state index contributed by atoms with van der Waals surface area (Å²) in [7, 11) is 2.15. The zero-order valence-corrected chi connectivity index (χ0v) is 15.7. The van der Waals surface area contributed by atoms with Crippen LogP contribution in [0.5, 0.6) is 5.75 Å². The molecule has 2 aliphatic rings. The van der Waals surface area contributed by atoms with Crippen molar-refractivity contribution in [3.05, 3.63) is 35.4 Å². The molecule has 2 saturated heterocycles. The lowest BCUT2D eigenvalue weighted by atomic mass is 10.0. The van der Waals surface area contributed by atoms with Gasteiger partial charge in [0, 0.05) is 31.7 Å². The molecule has 6 nitrogen and oxygen atoms in total. The monoisotopic (exact) mass is 354 g/mol. The van der Waals surface area contributed by atoms with Gasteiger partial charge < -0.3 is 19.6 Å². The number of morpholine rings is 1. The Morgan fingerprint density at radius 2 is 1.96 bits per heavy atom. The second kappa shape index (κ2) is 6.52. The van der Waals surface area contributed by atoms with Gasteiger partial charge in [-0.25, -0.2) is 0 Å². The molecule has 2 aliphatic heterocycles. The average molecular weight is 354 g/mol. The quantitative estimate of drug-likeness (QED) is 0.893. The fourth-order valence-corrected chi connectivity index (χ4v) is 4.23. The molecule has 1 N–H and O–H groups in total. The van der Waals surface area contributed by atoms with Crippen LogP contribution in [0.25, 0.3) is 11.3 Å². The van der Waals surface area contributed by atoms with E-state index in [1.54, 1.807) is 6.07 Å². The number of rotatable bonds is 2. The van der Waals surface area contributed by atoms with E-state index in [-0.39, 0.29) is 11.4 Å². The van der Waals surface area contributed by atoms with Gasteiger partial charge in [-0.1, -0.05) is 6.07 Å². The first-order valence-corrected chi connectivity index (χ1v) is 9.18. The molecule has 4 rings (SSSR count). The Bertz CT molecular complexity index is 785. The third-order valence-electron chi connectivity index (χ3n) is 5.45. The highest BCUT2D eigenvalue weighted by Crippen LogP contribution is 2.34. The van der Waals surface area contributed by atoms with Crippen molar-refractivity contribution in [3.8, 4) is 17.0 Å². The molecule has 26 heavy (non-hydrogen) atoms. The number of aryl methyl sites for hydroxylation is 2. The minimum atomic E-state index is -0.0842. The van der Waals surface area contributed by atoms with E-state index in [2.05, 4.69) is 27.0 Å². The minimum absolute atomic E-state index is 0.0842. The maximum atomic E-state index is 10.3. The molecule has 0 saturated carbocycles. The summed E-state index contributed by atoms with van der Waals surface area (Å²) < 4.78 is 6.12. The van der Waals surface area contributed by atoms with Gasteiger partial charge in [-0.05, 0) is 56.6 Å². The van der Waals surface area contributed by atoms with Crippen LogP contribution in [0.2, 0.25) is 0 Å². The lowest BCUT2D eigenvalue weighted by Crippen LogP contribution is -2.52. The van der Waals surface area contributed by atoms with Gasteiger partial charge in [0.15, 0.2) is 5.82 Å². The number of phenolic OH excluding ortho intramolecular Hbond substituents is 1. The van der Waals surface area contributed by atoms with Gasteiger partial charge in [0.05, 0.1) is 17.9 Å². The molecule has 1 aromatic heterocycles. The smallest absolute Gasteiger partial charge is 0.151 e. The second-order valence-corrected chi connectivity index (χ2v) is 7.69. The zero-order chi connectivity index (χ0) is 18.3. The van der Waals surface area contributed by atoms with Gasteiger partial charge >= 0.3 is 0 Å². The van der Waals surface area contributed by atoms with Crippen LogP contribution in [0.15, 0.2) is 24.3 Å². The van der Waals surface area contributed by atoms with Crippen molar-refractivity contribution in [3.63, 3.8) is 0 Å². The summed E-state index contributed by atoms with van der Waals surface area (Å²) in [6, 6.07) is 7.75. The molecule has 1 aromatic carbocycles. The van der Waals surface area contributed by atoms with E-state index in [0.717, 1.165) is 61.7 Å². The van der Waals surface area contributed by atoms with E-state index in [0.29, 0.717) is 5.69 Å². The molecular formula is C20H26N4O2. The predicted octanol–water partition coefficient (Wildman–Crippen LogP) is 2.38. The third-order valence-corrected chi connectivity index (χ3v) is 5.45. The molecule has 0 unspecified atom stereocenters. The Hall–Kier alpha value is -2.18. The van der Waals surface area contributed by atoms with Crippen molar-refractivity contribution in [1.29, 1.82) is 0 Å². The van der Waals surface area contributed by atoms with E-state index in [9.17, 15) is 5.11 Å². The van der Waals surface area contributed by atoms with Crippen LogP contribution in [-0.4, -0.2) is 65.6 Å². The number of aromatic hydroxyl groups is 1. The summed E-state index contributed by atoms with van der Waals surface area (Å²) in [4.78, 5) is 4.59. The second-order valence-electron chi connectivity index (χ2n) is 7.69. The lowest BCUT2D eigenvalue weighted by molar-refractivity contribution is -0.0886. The van der Waals surface area contributed by atoms with Crippen LogP contribution in [0.4, 0.5) is 5.82 Å². The highest BCUT2D eigenvalue weighted by molar-refractivity contribution is 5.71. The van der Waals surface area contributed by atoms with E-state index in [1.165, 1.54) is 0 Å². The molecule has 2 fully saturated rings. The highest BCUT2D eigenvalue weighted by atomic mass is 16.5. The Morgan fingerprint density at radius 1 is 1.12 bits per heavy atom. The normalized spacial score (nSPS) is 23.7. The van der Waals surface area contributed by atoms with Crippen molar-refractivity contribution >= 4 is 5.82 Å². The Balaban J connectivity index is 1.54. The van der Waals surface area contributed by atoms with Crippen molar-refractivity contribution < 1.29 is 9.84 Å². The molecule has 6 heteroatoms.